The first-order valence-corrected chi connectivity index (χ1v) is 10.3. The molecule has 3 aromatic rings. The topological polar surface area (TPSA) is 134 Å². The zero-order valence-electron chi connectivity index (χ0n) is 18.0. The van der Waals surface area contributed by atoms with Gasteiger partial charge in [0.2, 0.25) is 6.36 Å². The van der Waals surface area contributed by atoms with Gasteiger partial charge in [-0.05, 0) is 24.1 Å². The minimum atomic E-state index is -1.56. The van der Waals surface area contributed by atoms with E-state index in [0.717, 1.165) is 5.56 Å². The lowest BCUT2D eigenvalue weighted by Crippen LogP contribution is -2.23. The summed E-state index contributed by atoms with van der Waals surface area (Å²) in [7, 11) is 1.51. The van der Waals surface area contributed by atoms with E-state index < -0.39 is 18.3 Å². The molecule has 10 heteroatoms. The van der Waals surface area contributed by atoms with Crippen molar-refractivity contribution in [3.63, 3.8) is 0 Å². The van der Waals surface area contributed by atoms with E-state index in [1.807, 2.05) is 0 Å². The molecule has 2 aromatic carbocycles. The number of alkyl halides is 1. The monoisotopic (exact) mass is 453 g/mol. The Morgan fingerprint density at radius 2 is 1.97 bits per heavy atom. The highest BCUT2D eigenvalue weighted by molar-refractivity contribution is 6.03. The first-order valence-electron chi connectivity index (χ1n) is 10.3. The molecule has 1 aliphatic rings. The third kappa shape index (κ3) is 4.37. The van der Waals surface area contributed by atoms with E-state index >= 15 is 0 Å². The number of nitrogen functional groups attached to an aromatic ring is 1. The Kier molecular flexibility index (Phi) is 6.27. The lowest BCUT2D eigenvalue weighted by atomic mass is 10.0. The van der Waals surface area contributed by atoms with Crippen molar-refractivity contribution in [1.82, 2.24) is 15.1 Å². The van der Waals surface area contributed by atoms with Crippen LogP contribution in [0.2, 0.25) is 0 Å². The number of benzene rings is 2. The molecule has 9 nitrogen and oxygen atoms in total. The molecule has 2 amide bonds. The van der Waals surface area contributed by atoms with Crippen molar-refractivity contribution in [3.8, 4) is 17.0 Å². The van der Waals surface area contributed by atoms with Crippen LogP contribution in [0.25, 0.3) is 11.3 Å². The molecule has 1 aliphatic heterocycles. The molecule has 1 aromatic heterocycles. The van der Waals surface area contributed by atoms with E-state index in [-0.39, 0.29) is 36.1 Å². The molecule has 0 spiro atoms. The average Bonchev–Trinajstić information content (AvgIpc) is 3.40. The van der Waals surface area contributed by atoms with Gasteiger partial charge in [0, 0.05) is 12.1 Å². The van der Waals surface area contributed by atoms with Crippen LogP contribution < -0.4 is 21.5 Å². The van der Waals surface area contributed by atoms with Gasteiger partial charge in [0.15, 0.2) is 0 Å². The molecule has 1 fully saturated rings. The highest BCUT2D eigenvalue weighted by Crippen LogP contribution is 2.34. The van der Waals surface area contributed by atoms with Crippen molar-refractivity contribution in [2.75, 3.05) is 19.5 Å². The van der Waals surface area contributed by atoms with E-state index in [1.54, 1.807) is 48.5 Å². The van der Waals surface area contributed by atoms with E-state index in [4.69, 9.17) is 20.9 Å². The van der Waals surface area contributed by atoms with Crippen molar-refractivity contribution in [2.24, 2.45) is 5.73 Å². The van der Waals surface area contributed by atoms with Gasteiger partial charge in [0.05, 0.1) is 19.3 Å². The van der Waals surface area contributed by atoms with E-state index in [9.17, 15) is 14.0 Å². The fourth-order valence-corrected chi connectivity index (χ4v) is 3.81. The van der Waals surface area contributed by atoms with Crippen molar-refractivity contribution in [2.45, 2.75) is 25.4 Å². The fourth-order valence-electron chi connectivity index (χ4n) is 3.81. The van der Waals surface area contributed by atoms with Crippen LogP contribution >= 0.6 is 0 Å². The van der Waals surface area contributed by atoms with Gasteiger partial charge in [0.1, 0.15) is 28.9 Å². The number of halogens is 1. The number of nitrogens with one attached hydrogen (secondary N) is 1. The second kappa shape index (κ2) is 9.29. The van der Waals surface area contributed by atoms with Crippen molar-refractivity contribution >= 4 is 17.6 Å². The number of nitrogens with two attached hydrogens (primary N) is 2. The van der Waals surface area contributed by atoms with Crippen LogP contribution in [0, 0.1) is 0 Å². The maximum atomic E-state index is 14.1. The zero-order chi connectivity index (χ0) is 23.5. The second-order valence-electron chi connectivity index (χ2n) is 7.58. The molecule has 0 aliphatic carbocycles. The van der Waals surface area contributed by atoms with Crippen molar-refractivity contribution in [3.05, 3.63) is 65.2 Å². The molecule has 172 valence electrons. The number of nitrogens with zero attached hydrogens (tertiary/aromatic N) is 2. The van der Waals surface area contributed by atoms with E-state index in [0.29, 0.717) is 23.3 Å². The van der Waals surface area contributed by atoms with Gasteiger partial charge in [-0.1, -0.05) is 36.4 Å². The molecular weight excluding hydrogens is 429 g/mol. The summed E-state index contributed by atoms with van der Waals surface area (Å²) >= 11 is 0. The zero-order valence-corrected chi connectivity index (χ0v) is 18.0. The number of primary amides is 1. The largest absolute Gasteiger partial charge is 0.496 e. The highest BCUT2D eigenvalue weighted by Gasteiger charge is 2.34. The van der Waals surface area contributed by atoms with Crippen LogP contribution in [-0.4, -0.2) is 41.7 Å². The Morgan fingerprint density at radius 1 is 1.24 bits per heavy atom. The third-order valence-electron chi connectivity index (χ3n) is 5.53. The maximum absolute atomic E-state index is 14.1. The predicted molar refractivity (Wildman–Crippen MR) is 119 cm³/mol. The Hall–Kier alpha value is -3.92. The molecule has 33 heavy (non-hydrogen) atoms. The molecular formula is C23H24FN5O4. The fraction of sp³-hybridized carbons (Fsp3) is 0.261. The van der Waals surface area contributed by atoms with Gasteiger partial charge in [0.25, 0.3) is 11.8 Å². The van der Waals surface area contributed by atoms with Crippen LogP contribution in [0.15, 0.2) is 48.5 Å². The number of amides is 2. The summed E-state index contributed by atoms with van der Waals surface area (Å²) in [4.78, 5) is 24.6. The molecule has 2 heterocycles. The predicted octanol–water partition coefficient (Wildman–Crippen LogP) is 2.43. The van der Waals surface area contributed by atoms with Gasteiger partial charge >= 0.3 is 0 Å². The average molecular weight is 453 g/mol. The Balaban J connectivity index is 1.53. The number of carbonyl (C=O) groups is 2. The van der Waals surface area contributed by atoms with Gasteiger partial charge in [-0.3, -0.25) is 9.59 Å². The number of ether oxygens (including phenoxy) is 2. The summed E-state index contributed by atoms with van der Waals surface area (Å²) in [6.45, 7) is 0.515. The molecule has 2 atom stereocenters. The number of rotatable bonds is 7. The summed E-state index contributed by atoms with van der Waals surface area (Å²) in [5, 5.41) is 7.23. The third-order valence-corrected chi connectivity index (χ3v) is 5.53. The molecule has 1 saturated heterocycles. The minimum Gasteiger partial charge on any atom is -0.496 e. The van der Waals surface area contributed by atoms with Crippen LogP contribution in [-0.2, 0) is 11.3 Å². The number of hydrogen-bond donors (Lipinski definition) is 3. The Labute approximate surface area is 189 Å². The van der Waals surface area contributed by atoms with E-state index in [1.165, 1.54) is 11.8 Å². The number of para-hydroxylation sites is 1. The molecule has 5 N–H and O–H groups in total. The Bertz CT molecular complexity index is 1180. The van der Waals surface area contributed by atoms with Crippen LogP contribution in [0.4, 0.5) is 10.2 Å². The summed E-state index contributed by atoms with van der Waals surface area (Å²) in [6, 6.07) is 13.3. The molecule has 0 unspecified atom stereocenters. The number of aromatic nitrogens is 2. The standard InChI is InChI=1S/C23H24FN5O4/c1-32-17-5-3-2-4-15(17)23(31)27-12-13-6-8-14(9-7-13)19-18(22(26)30)21(25)29(28-19)16-10-11-33-20(16)24/h2-9,16,20H,10-12,25H2,1H3,(H2,26,30)(H,27,31)/t16-,20+/m0/s1. The number of anilines is 1. The van der Waals surface area contributed by atoms with Gasteiger partial charge in [-0.2, -0.15) is 5.10 Å². The smallest absolute Gasteiger partial charge is 0.255 e. The molecule has 0 saturated carbocycles. The lowest BCUT2D eigenvalue weighted by Gasteiger charge is -2.13. The summed E-state index contributed by atoms with van der Waals surface area (Å²) in [5.74, 6) is -0.528. The van der Waals surface area contributed by atoms with Gasteiger partial charge in [-0.15, -0.1) is 0 Å². The molecule has 0 radical (unpaired) electrons. The second-order valence-corrected chi connectivity index (χ2v) is 7.58. The van der Waals surface area contributed by atoms with Crippen molar-refractivity contribution < 1.29 is 23.5 Å². The number of hydrogen-bond acceptors (Lipinski definition) is 6. The highest BCUT2D eigenvalue weighted by atomic mass is 19.1. The summed E-state index contributed by atoms with van der Waals surface area (Å²) in [5.41, 5.74) is 13.8. The van der Waals surface area contributed by atoms with Gasteiger partial charge in [-0.25, -0.2) is 9.07 Å². The maximum Gasteiger partial charge on any atom is 0.255 e. The van der Waals surface area contributed by atoms with Crippen LogP contribution in [0.1, 0.15) is 38.7 Å². The summed E-state index contributed by atoms with van der Waals surface area (Å²) < 4.78 is 25.5. The molecule has 4 rings (SSSR count). The van der Waals surface area contributed by atoms with E-state index in [2.05, 4.69) is 10.4 Å². The van der Waals surface area contributed by atoms with Crippen molar-refractivity contribution in [1.29, 1.82) is 0 Å². The molecule has 0 bridgehead atoms. The quantitative estimate of drug-likeness (QED) is 0.503. The SMILES string of the molecule is COc1ccccc1C(=O)NCc1ccc(-c2nn([C@H]3CCO[C@H]3F)c(N)c2C(N)=O)cc1. The minimum absolute atomic E-state index is 0.00352. The first kappa shape index (κ1) is 22.3. The number of carbonyl (C=O) groups excluding carboxylic acids is 2. The van der Waals surface area contributed by atoms with Crippen LogP contribution in [0.5, 0.6) is 5.75 Å². The number of methoxy groups -OCH3 is 1. The Morgan fingerprint density at radius 3 is 2.61 bits per heavy atom. The summed E-state index contributed by atoms with van der Waals surface area (Å²) in [6.07, 6.45) is -1.18. The van der Waals surface area contributed by atoms with Gasteiger partial charge < -0.3 is 26.3 Å². The van der Waals surface area contributed by atoms with Crippen LogP contribution in [0.3, 0.4) is 0 Å². The first-order chi connectivity index (χ1) is 15.9. The normalized spacial score (nSPS) is 17.6. The lowest BCUT2D eigenvalue weighted by molar-refractivity contribution is -0.0129.